The Labute approximate surface area is 170 Å². The number of amides is 2. The molecule has 2 aromatic rings. The molecule has 1 saturated carbocycles. The maximum absolute atomic E-state index is 12.7. The van der Waals surface area contributed by atoms with Gasteiger partial charge in [0.2, 0.25) is 5.91 Å². The Kier molecular flexibility index (Phi) is 5.81. The van der Waals surface area contributed by atoms with E-state index in [2.05, 4.69) is 10.6 Å². The second-order valence-corrected chi connectivity index (χ2v) is 7.79. The van der Waals surface area contributed by atoms with Crippen LogP contribution in [0.4, 0.5) is 0 Å². The van der Waals surface area contributed by atoms with Crippen LogP contribution in [0.25, 0.3) is 0 Å². The monoisotopic (exact) mass is 394 g/mol. The number of ether oxygens (including phenoxy) is 1. The molecule has 0 spiro atoms. The first-order valence-electron chi connectivity index (χ1n) is 10.2. The van der Waals surface area contributed by atoms with Gasteiger partial charge in [0.05, 0.1) is 18.8 Å². The fraction of sp³-hybridized carbons (Fsp3) is 0.391. The van der Waals surface area contributed by atoms with Crippen molar-refractivity contribution in [2.24, 2.45) is 5.92 Å². The van der Waals surface area contributed by atoms with Gasteiger partial charge in [0.1, 0.15) is 5.75 Å². The van der Waals surface area contributed by atoms with Crippen molar-refractivity contribution in [1.29, 1.82) is 0 Å². The third-order valence-electron chi connectivity index (χ3n) is 5.70. The van der Waals surface area contributed by atoms with Crippen molar-refractivity contribution in [1.82, 2.24) is 10.6 Å². The summed E-state index contributed by atoms with van der Waals surface area (Å²) in [5.41, 5.74) is 2.62. The molecule has 29 heavy (non-hydrogen) atoms. The van der Waals surface area contributed by atoms with Crippen molar-refractivity contribution < 1.29 is 19.4 Å². The van der Waals surface area contributed by atoms with Crippen molar-refractivity contribution in [3.8, 4) is 5.75 Å². The Balaban J connectivity index is 1.32. The van der Waals surface area contributed by atoms with E-state index in [1.54, 1.807) is 6.07 Å². The van der Waals surface area contributed by atoms with Crippen molar-refractivity contribution >= 4 is 11.8 Å². The molecule has 1 fully saturated rings. The number of hydrogen-bond donors (Lipinski definition) is 3. The molecule has 2 amide bonds. The van der Waals surface area contributed by atoms with Crippen molar-refractivity contribution in [2.45, 2.75) is 44.4 Å². The summed E-state index contributed by atoms with van der Waals surface area (Å²) in [7, 11) is 0. The minimum Gasteiger partial charge on any atom is -0.493 e. The van der Waals surface area contributed by atoms with Crippen LogP contribution in [-0.2, 0) is 17.8 Å². The molecule has 4 rings (SSSR count). The second kappa shape index (κ2) is 8.66. The van der Waals surface area contributed by atoms with E-state index in [1.807, 2.05) is 42.5 Å². The van der Waals surface area contributed by atoms with Crippen LogP contribution in [0.3, 0.4) is 0 Å². The molecule has 3 N–H and O–H groups in total. The maximum atomic E-state index is 12.7. The number of carbonyl (C=O) groups is 2. The van der Waals surface area contributed by atoms with Crippen LogP contribution in [-0.4, -0.2) is 35.7 Å². The summed E-state index contributed by atoms with van der Waals surface area (Å²) in [5.74, 6) is 0.211. The number of hydrogen-bond acceptors (Lipinski definition) is 4. The average Bonchev–Trinajstić information content (AvgIpc) is 3.12. The summed E-state index contributed by atoms with van der Waals surface area (Å²) in [6.07, 6.45) is 1.89. The van der Waals surface area contributed by atoms with Gasteiger partial charge in [-0.3, -0.25) is 9.59 Å². The SMILES string of the molecule is O=C(N[C@@H]1C[C@H](C(=O)NCc2ccccc2)C[C@H]1O)c1ccc2c(c1)CCCO2. The van der Waals surface area contributed by atoms with Gasteiger partial charge in [-0.25, -0.2) is 0 Å². The molecular formula is C23H26N2O4. The van der Waals surface area contributed by atoms with E-state index in [0.29, 0.717) is 31.6 Å². The molecule has 1 aliphatic carbocycles. The zero-order valence-electron chi connectivity index (χ0n) is 16.3. The van der Waals surface area contributed by atoms with Crippen LogP contribution in [0.5, 0.6) is 5.75 Å². The Morgan fingerprint density at radius 2 is 1.93 bits per heavy atom. The molecule has 152 valence electrons. The van der Waals surface area contributed by atoms with Gasteiger partial charge < -0.3 is 20.5 Å². The van der Waals surface area contributed by atoms with Crippen LogP contribution < -0.4 is 15.4 Å². The molecule has 3 atom stereocenters. The minimum absolute atomic E-state index is 0.0874. The van der Waals surface area contributed by atoms with Gasteiger partial charge in [-0.2, -0.15) is 0 Å². The quantitative estimate of drug-likeness (QED) is 0.726. The number of aliphatic hydroxyl groups is 1. The predicted molar refractivity (Wildman–Crippen MR) is 109 cm³/mol. The van der Waals surface area contributed by atoms with E-state index in [9.17, 15) is 14.7 Å². The number of rotatable bonds is 5. The molecule has 6 heteroatoms. The van der Waals surface area contributed by atoms with Crippen molar-refractivity contribution in [3.05, 3.63) is 65.2 Å². The highest BCUT2D eigenvalue weighted by Crippen LogP contribution is 2.28. The van der Waals surface area contributed by atoms with Gasteiger partial charge in [0.25, 0.3) is 5.91 Å². The lowest BCUT2D eigenvalue weighted by Crippen LogP contribution is -2.40. The van der Waals surface area contributed by atoms with Crippen LogP contribution in [0, 0.1) is 5.92 Å². The third kappa shape index (κ3) is 4.59. The topological polar surface area (TPSA) is 87.7 Å². The van der Waals surface area contributed by atoms with E-state index in [4.69, 9.17) is 4.74 Å². The molecule has 1 aliphatic heterocycles. The first kappa shape index (κ1) is 19.5. The normalized spacial score (nSPS) is 23.0. The van der Waals surface area contributed by atoms with Crippen LogP contribution in [0.15, 0.2) is 48.5 Å². The summed E-state index contributed by atoms with van der Waals surface area (Å²) >= 11 is 0. The Morgan fingerprint density at radius 1 is 1.10 bits per heavy atom. The number of aliphatic hydroxyl groups excluding tert-OH is 1. The number of aryl methyl sites for hydroxylation is 1. The molecule has 2 aromatic carbocycles. The number of carbonyl (C=O) groups excluding carboxylic acids is 2. The highest BCUT2D eigenvalue weighted by molar-refractivity contribution is 5.95. The summed E-state index contributed by atoms with van der Waals surface area (Å²) < 4.78 is 5.59. The summed E-state index contributed by atoms with van der Waals surface area (Å²) in [6, 6.07) is 14.7. The molecule has 2 aliphatic rings. The van der Waals surface area contributed by atoms with Gasteiger partial charge in [0.15, 0.2) is 0 Å². The Morgan fingerprint density at radius 3 is 2.76 bits per heavy atom. The standard InChI is InChI=1S/C23H26N2O4/c26-20-13-18(22(27)24-14-15-5-2-1-3-6-15)12-19(20)25-23(28)17-8-9-21-16(11-17)7-4-10-29-21/h1-3,5-6,8-9,11,18-20,26H,4,7,10,12-14H2,(H,24,27)(H,25,28)/t18-,19+,20+/m0/s1. The highest BCUT2D eigenvalue weighted by atomic mass is 16.5. The third-order valence-corrected chi connectivity index (χ3v) is 5.70. The minimum atomic E-state index is -0.729. The second-order valence-electron chi connectivity index (χ2n) is 7.79. The first-order valence-corrected chi connectivity index (χ1v) is 10.2. The number of benzene rings is 2. The molecular weight excluding hydrogens is 368 g/mol. The number of nitrogens with one attached hydrogen (secondary N) is 2. The highest BCUT2D eigenvalue weighted by Gasteiger charge is 2.37. The molecule has 0 aromatic heterocycles. The molecule has 6 nitrogen and oxygen atoms in total. The zero-order valence-corrected chi connectivity index (χ0v) is 16.3. The largest absolute Gasteiger partial charge is 0.493 e. The molecule has 1 heterocycles. The summed E-state index contributed by atoms with van der Waals surface area (Å²) in [6.45, 7) is 1.17. The molecule has 0 radical (unpaired) electrons. The number of fused-ring (bicyclic) bond motifs is 1. The van der Waals surface area contributed by atoms with Gasteiger partial charge in [0, 0.05) is 18.0 Å². The summed E-state index contributed by atoms with van der Waals surface area (Å²) in [5, 5.41) is 16.2. The lowest BCUT2D eigenvalue weighted by Gasteiger charge is -2.19. The molecule has 0 saturated heterocycles. The van der Waals surface area contributed by atoms with E-state index in [0.717, 1.165) is 29.7 Å². The van der Waals surface area contributed by atoms with Crippen LogP contribution in [0.1, 0.15) is 40.7 Å². The van der Waals surface area contributed by atoms with Gasteiger partial charge in [-0.15, -0.1) is 0 Å². The average molecular weight is 394 g/mol. The lowest BCUT2D eigenvalue weighted by atomic mass is 10.0. The van der Waals surface area contributed by atoms with Crippen LogP contribution >= 0.6 is 0 Å². The lowest BCUT2D eigenvalue weighted by molar-refractivity contribution is -0.125. The van der Waals surface area contributed by atoms with Gasteiger partial charge in [-0.05, 0) is 55.0 Å². The zero-order chi connectivity index (χ0) is 20.2. The smallest absolute Gasteiger partial charge is 0.251 e. The first-order chi connectivity index (χ1) is 14.1. The van der Waals surface area contributed by atoms with Crippen molar-refractivity contribution in [3.63, 3.8) is 0 Å². The van der Waals surface area contributed by atoms with E-state index in [1.165, 1.54) is 0 Å². The van der Waals surface area contributed by atoms with Crippen molar-refractivity contribution in [2.75, 3.05) is 6.61 Å². The predicted octanol–water partition coefficient (Wildman–Crippen LogP) is 2.20. The molecule has 0 bridgehead atoms. The van der Waals surface area contributed by atoms with E-state index < -0.39 is 12.1 Å². The summed E-state index contributed by atoms with van der Waals surface area (Å²) in [4.78, 5) is 25.1. The fourth-order valence-electron chi connectivity index (χ4n) is 4.07. The molecule has 0 unspecified atom stereocenters. The maximum Gasteiger partial charge on any atom is 0.251 e. The Bertz CT molecular complexity index is 884. The van der Waals surface area contributed by atoms with Crippen LogP contribution in [0.2, 0.25) is 0 Å². The Hall–Kier alpha value is -2.86. The van der Waals surface area contributed by atoms with Gasteiger partial charge >= 0.3 is 0 Å². The van der Waals surface area contributed by atoms with E-state index in [-0.39, 0.29) is 17.7 Å². The van der Waals surface area contributed by atoms with Gasteiger partial charge in [-0.1, -0.05) is 30.3 Å². The van der Waals surface area contributed by atoms with E-state index >= 15 is 0 Å². The fourth-order valence-corrected chi connectivity index (χ4v) is 4.07.